The summed E-state index contributed by atoms with van der Waals surface area (Å²) in [4.78, 5) is 38.5. The second-order valence-electron chi connectivity index (χ2n) is 12.9. The average molecular weight is 561 g/mol. The van der Waals surface area contributed by atoms with Crippen molar-refractivity contribution in [3.63, 3.8) is 0 Å². The highest BCUT2D eigenvalue weighted by Crippen LogP contribution is 2.49. The number of carboxylic acid groups (broad SMARTS) is 1. The summed E-state index contributed by atoms with van der Waals surface area (Å²) in [5.41, 5.74) is -0.232. The fourth-order valence-electron chi connectivity index (χ4n) is 7.19. The van der Waals surface area contributed by atoms with Crippen molar-refractivity contribution in [1.82, 2.24) is 10.6 Å². The van der Waals surface area contributed by atoms with Gasteiger partial charge in [0, 0.05) is 18.7 Å². The number of ether oxygens (including phenoxy) is 2. The molecule has 3 N–H and O–H groups in total. The predicted octanol–water partition coefficient (Wildman–Crippen LogP) is 5.21. The Morgan fingerprint density at radius 2 is 1.72 bits per heavy atom. The van der Waals surface area contributed by atoms with Gasteiger partial charge < -0.3 is 25.2 Å². The first-order valence-corrected chi connectivity index (χ1v) is 14.8. The van der Waals surface area contributed by atoms with Gasteiger partial charge in [-0.1, -0.05) is 24.9 Å². The van der Waals surface area contributed by atoms with E-state index in [1.165, 1.54) is 13.5 Å². The molecule has 8 nitrogen and oxygen atoms in total. The summed E-state index contributed by atoms with van der Waals surface area (Å²) in [5, 5.41) is 16.2. The van der Waals surface area contributed by atoms with Crippen molar-refractivity contribution in [1.29, 1.82) is 0 Å². The Hall–Kier alpha value is -2.48. The Bertz CT molecular complexity index is 1130. The van der Waals surface area contributed by atoms with Gasteiger partial charge in [-0.25, -0.2) is 0 Å². The number of halogens is 1. The molecule has 214 valence electrons. The fraction of sp³-hybridized carbons (Fsp3) is 0.700. The number of hydrogen-bond donors (Lipinski definition) is 3. The number of carboxylic acids is 1. The topological polar surface area (TPSA) is 114 Å². The molecule has 2 bridgehead atoms. The van der Waals surface area contributed by atoms with E-state index in [1.54, 1.807) is 19.1 Å². The summed E-state index contributed by atoms with van der Waals surface area (Å²) >= 11 is 6.50. The van der Waals surface area contributed by atoms with E-state index < -0.39 is 11.4 Å². The monoisotopic (exact) mass is 560 g/mol. The molecule has 0 saturated heterocycles. The molecule has 5 rings (SSSR count). The summed E-state index contributed by atoms with van der Waals surface area (Å²) < 4.78 is 11.7. The summed E-state index contributed by atoms with van der Waals surface area (Å²) in [5.74, 6) is 0.0344. The van der Waals surface area contributed by atoms with Gasteiger partial charge in [0.2, 0.25) is 5.91 Å². The van der Waals surface area contributed by atoms with Gasteiger partial charge in [0.15, 0.2) is 0 Å². The minimum absolute atomic E-state index is 0.0541. The Kier molecular flexibility index (Phi) is 7.79. The smallest absolute Gasteiger partial charge is 0.309 e. The van der Waals surface area contributed by atoms with Crippen molar-refractivity contribution in [3.8, 4) is 11.5 Å². The van der Waals surface area contributed by atoms with Gasteiger partial charge >= 0.3 is 5.97 Å². The van der Waals surface area contributed by atoms with Crippen LogP contribution in [0.25, 0.3) is 0 Å². The molecule has 0 aromatic heterocycles. The lowest BCUT2D eigenvalue weighted by Crippen LogP contribution is -2.51. The van der Waals surface area contributed by atoms with Crippen molar-refractivity contribution in [2.75, 3.05) is 13.7 Å². The third-order valence-electron chi connectivity index (χ3n) is 10.1. The highest BCUT2D eigenvalue weighted by molar-refractivity contribution is 6.32. The standard InChI is InChI=1S/C30H41ClN2O6/c1-29(9-4-10-29)16-32-27(35)24-17-5-6-18(13-17)25(24)33-26(34)20-14-23(21(31)15-22(20)38-3)39-19-7-11-30(2,12-8-19)28(36)37/h14-15,17-19,24-25H,4-13,16H2,1-3H3,(H,32,35)(H,33,34)(H,36,37)/t17-,18+,19-,24+,25-,30+/m1/s1. The first kappa shape index (κ1) is 28.1. The van der Waals surface area contributed by atoms with Crippen LogP contribution in [0.15, 0.2) is 12.1 Å². The van der Waals surface area contributed by atoms with Gasteiger partial charge in [0.1, 0.15) is 11.5 Å². The lowest BCUT2D eigenvalue weighted by Gasteiger charge is -2.39. The average Bonchev–Trinajstić information content (AvgIpc) is 3.50. The maximum atomic E-state index is 13.6. The second-order valence-corrected chi connectivity index (χ2v) is 13.3. The van der Waals surface area contributed by atoms with Crippen molar-refractivity contribution in [2.45, 2.75) is 90.2 Å². The number of nitrogens with one attached hydrogen (secondary N) is 2. The molecule has 0 unspecified atom stereocenters. The molecule has 4 fully saturated rings. The van der Waals surface area contributed by atoms with Gasteiger partial charge in [0.25, 0.3) is 5.91 Å². The number of rotatable bonds is 9. The van der Waals surface area contributed by atoms with Crippen LogP contribution in [0.4, 0.5) is 0 Å². The molecule has 39 heavy (non-hydrogen) atoms. The molecule has 2 amide bonds. The van der Waals surface area contributed by atoms with Crippen LogP contribution in [0.2, 0.25) is 5.02 Å². The third-order valence-corrected chi connectivity index (χ3v) is 10.4. The molecule has 4 aliphatic rings. The molecule has 4 saturated carbocycles. The zero-order chi connectivity index (χ0) is 27.9. The molecule has 0 radical (unpaired) electrons. The molecule has 0 aliphatic heterocycles. The number of carbonyl (C=O) groups is 3. The molecular weight excluding hydrogens is 520 g/mol. The minimum atomic E-state index is -0.785. The number of benzene rings is 1. The van der Waals surface area contributed by atoms with Crippen LogP contribution in [0.3, 0.4) is 0 Å². The minimum Gasteiger partial charge on any atom is -0.496 e. The van der Waals surface area contributed by atoms with Crippen molar-refractivity contribution >= 4 is 29.4 Å². The largest absolute Gasteiger partial charge is 0.496 e. The normalized spacial score (nSPS) is 32.7. The molecule has 0 spiro atoms. The first-order chi connectivity index (χ1) is 18.5. The second kappa shape index (κ2) is 10.8. The quantitative estimate of drug-likeness (QED) is 0.382. The Morgan fingerprint density at radius 3 is 2.33 bits per heavy atom. The maximum absolute atomic E-state index is 13.6. The fourth-order valence-corrected chi connectivity index (χ4v) is 7.39. The molecule has 4 aliphatic carbocycles. The van der Waals surface area contributed by atoms with E-state index in [4.69, 9.17) is 21.1 Å². The number of carbonyl (C=O) groups excluding carboxylic acids is 2. The zero-order valence-electron chi connectivity index (χ0n) is 23.2. The lowest BCUT2D eigenvalue weighted by atomic mass is 9.70. The number of hydrogen-bond acceptors (Lipinski definition) is 5. The van der Waals surface area contributed by atoms with E-state index in [-0.39, 0.29) is 41.2 Å². The van der Waals surface area contributed by atoms with Crippen LogP contribution in [-0.2, 0) is 9.59 Å². The Balaban J connectivity index is 1.28. The summed E-state index contributed by atoms with van der Waals surface area (Å²) in [6, 6.07) is 2.98. The van der Waals surface area contributed by atoms with Crippen LogP contribution in [0.1, 0.15) is 88.4 Å². The summed E-state index contributed by atoms with van der Waals surface area (Å²) in [6.07, 6.45) is 8.53. The van der Waals surface area contributed by atoms with Crippen LogP contribution < -0.4 is 20.1 Å². The number of aliphatic carboxylic acids is 1. The molecule has 0 heterocycles. The number of amides is 2. The first-order valence-electron chi connectivity index (χ1n) is 14.4. The Labute approximate surface area is 235 Å². The van der Waals surface area contributed by atoms with Crippen LogP contribution >= 0.6 is 11.6 Å². The lowest BCUT2D eigenvalue weighted by molar-refractivity contribution is -0.150. The van der Waals surface area contributed by atoms with E-state index >= 15 is 0 Å². The highest BCUT2D eigenvalue weighted by atomic mass is 35.5. The van der Waals surface area contributed by atoms with E-state index in [1.807, 2.05) is 0 Å². The van der Waals surface area contributed by atoms with Gasteiger partial charge in [-0.15, -0.1) is 0 Å². The molecule has 4 atom stereocenters. The van der Waals surface area contributed by atoms with Crippen molar-refractivity contribution < 1.29 is 29.0 Å². The van der Waals surface area contributed by atoms with Crippen molar-refractivity contribution in [3.05, 3.63) is 22.7 Å². The van der Waals surface area contributed by atoms with E-state index in [2.05, 4.69) is 17.6 Å². The molecule has 1 aromatic rings. The van der Waals surface area contributed by atoms with Gasteiger partial charge in [-0.2, -0.15) is 0 Å². The Morgan fingerprint density at radius 1 is 1.03 bits per heavy atom. The highest BCUT2D eigenvalue weighted by Gasteiger charge is 2.51. The van der Waals surface area contributed by atoms with E-state index in [0.29, 0.717) is 60.2 Å². The van der Waals surface area contributed by atoms with Crippen LogP contribution in [0, 0.1) is 28.6 Å². The zero-order valence-corrected chi connectivity index (χ0v) is 23.9. The SMILES string of the molecule is COc1cc(Cl)c(O[C@H]2CC[C@@](C)(C(=O)O)CC2)cc1C(=O)N[C@@H]1[C@H]2CC[C@H](C2)[C@@H]1C(=O)NCC1(C)CCC1. The van der Waals surface area contributed by atoms with Gasteiger partial charge in [-0.05, 0) is 88.0 Å². The summed E-state index contributed by atoms with van der Waals surface area (Å²) in [6.45, 7) is 4.69. The summed E-state index contributed by atoms with van der Waals surface area (Å²) in [7, 11) is 1.49. The predicted molar refractivity (Wildman–Crippen MR) is 147 cm³/mol. The van der Waals surface area contributed by atoms with Gasteiger partial charge in [-0.3, -0.25) is 14.4 Å². The van der Waals surface area contributed by atoms with E-state index in [0.717, 1.165) is 32.1 Å². The van der Waals surface area contributed by atoms with Gasteiger partial charge in [0.05, 0.1) is 35.1 Å². The molecular formula is C30H41ClN2O6. The number of fused-ring (bicyclic) bond motifs is 2. The maximum Gasteiger partial charge on any atom is 0.309 e. The third kappa shape index (κ3) is 5.59. The van der Waals surface area contributed by atoms with E-state index in [9.17, 15) is 19.5 Å². The molecule has 1 aromatic carbocycles. The molecule has 9 heteroatoms. The van der Waals surface area contributed by atoms with Crippen LogP contribution in [-0.4, -0.2) is 48.7 Å². The van der Waals surface area contributed by atoms with Crippen molar-refractivity contribution in [2.24, 2.45) is 28.6 Å². The number of methoxy groups -OCH3 is 1. The van der Waals surface area contributed by atoms with Crippen LogP contribution in [0.5, 0.6) is 11.5 Å².